The van der Waals surface area contributed by atoms with Gasteiger partial charge in [0.2, 0.25) is 0 Å². The summed E-state index contributed by atoms with van der Waals surface area (Å²) in [6.07, 6.45) is 2.09. The Morgan fingerprint density at radius 1 is 1.29 bits per heavy atom. The van der Waals surface area contributed by atoms with E-state index in [9.17, 15) is 0 Å². The molecule has 0 aromatic carbocycles. The first-order valence-electron chi connectivity index (χ1n) is 7.67. The summed E-state index contributed by atoms with van der Waals surface area (Å²) in [6.45, 7) is 7.42. The lowest BCUT2D eigenvalue weighted by Gasteiger charge is -2.37. The average molecular weight is 287 g/mol. The minimum atomic E-state index is 0.586. The molecule has 2 aromatic rings. The molecule has 0 aliphatic carbocycles. The highest BCUT2D eigenvalue weighted by molar-refractivity contribution is 5.42. The van der Waals surface area contributed by atoms with Crippen molar-refractivity contribution in [1.29, 1.82) is 0 Å². The molecule has 1 saturated heterocycles. The number of nitrogens with zero attached hydrogens (tertiary/aromatic N) is 4. The van der Waals surface area contributed by atoms with Crippen LogP contribution in [0.25, 0.3) is 5.65 Å². The molecule has 0 saturated carbocycles. The molecule has 5 heteroatoms. The molecule has 0 spiro atoms. The van der Waals surface area contributed by atoms with E-state index >= 15 is 0 Å². The predicted molar refractivity (Wildman–Crippen MR) is 85.6 cm³/mol. The van der Waals surface area contributed by atoms with Crippen LogP contribution in [-0.4, -0.2) is 65.5 Å². The quantitative estimate of drug-likeness (QED) is 0.909. The lowest BCUT2D eigenvalue weighted by Crippen LogP contribution is -2.53. The molecular formula is C16H25N5. The highest BCUT2D eigenvalue weighted by Crippen LogP contribution is 2.11. The van der Waals surface area contributed by atoms with Gasteiger partial charge in [-0.2, -0.15) is 0 Å². The van der Waals surface area contributed by atoms with E-state index in [-0.39, 0.29) is 0 Å². The van der Waals surface area contributed by atoms with Crippen molar-refractivity contribution in [2.75, 3.05) is 40.3 Å². The molecule has 1 fully saturated rings. The zero-order valence-electron chi connectivity index (χ0n) is 13.2. The van der Waals surface area contributed by atoms with Crippen molar-refractivity contribution in [1.82, 2.24) is 24.5 Å². The minimum absolute atomic E-state index is 0.586. The molecule has 1 aliphatic heterocycles. The van der Waals surface area contributed by atoms with E-state index in [1.807, 2.05) is 6.07 Å². The number of fused-ring (bicyclic) bond motifs is 1. The number of hydrogen-bond donors (Lipinski definition) is 1. The number of pyridine rings is 1. The third-order valence-corrected chi connectivity index (χ3v) is 4.48. The van der Waals surface area contributed by atoms with Crippen molar-refractivity contribution in [3.8, 4) is 0 Å². The lowest BCUT2D eigenvalue weighted by molar-refractivity contribution is 0.113. The van der Waals surface area contributed by atoms with E-state index in [0.29, 0.717) is 6.04 Å². The van der Waals surface area contributed by atoms with Crippen molar-refractivity contribution in [3.05, 3.63) is 35.8 Å². The number of imidazole rings is 1. The second-order valence-electron chi connectivity index (χ2n) is 6.10. The van der Waals surface area contributed by atoms with Gasteiger partial charge < -0.3 is 14.6 Å². The summed E-state index contributed by atoms with van der Waals surface area (Å²) >= 11 is 0. The van der Waals surface area contributed by atoms with Crippen LogP contribution in [0, 0.1) is 6.92 Å². The summed E-state index contributed by atoms with van der Waals surface area (Å²) in [5.74, 6) is 0. The van der Waals surface area contributed by atoms with Crippen LogP contribution in [0.5, 0.6) is 0 Å². The summed E-state index contributed by atoms with van der Waals surface area (Å²) in [6, 6.07) is 6.73. The van der Waals surface area contributed by atoms with Crippen LogP contribution >= 0.6 is 0 Å². The molecule has 5 nitrogen and oxygen atoms in total. The van der Waals surface area contributed by atoms with Crippen molar-refractivity contribution in [2.45, 2.75) is 19.5 Å². The van der Waals surface area contributed by atoms with E-state index in [0.717, 1.165) is 37.5 Å². The zero-order valence-corrected chi connectivity index (χ0v) is 13.2. The second-order valence-corrected chi connectivity index (χ2v) is 6.10. The monoisotopic (exact) mass is 287 g/mol. The first-order valence-corrected chi connectivity index (χ1v) is 7.67. The van der Waals surface area contributed by atoms with E-state index in [1.54, 1.807) is 0 Å². The molecule has 0 radical (unpaired) electrons. The molecule has 0 bridgehead atoms. The second kappa shape index (κ2) is 6.13. The fraction of sp³-hybridized carbons (Fsp3) is 0.562. The topological polar surface area (TPSA) is 35.8 Å². The van der Waals surface area contributed by atoms with Gasteiger partial charge in [0.25, 0.3) is 0 Å². The first-order chi connectivity index (χ1) is 10.1. The van der Waals surface area contributed by atoms with Gasteiger partial charge in [0.1, 0.15) is 5.65 Å². The van der Waals surface area contributed by atoms with Crippen molar-refractivity contribution >= 4 is 5.65 Å². The molecule has 0 amide bonds. The molecule has 1 atom stereocenters. The van der Waals surface area contributed by atoms with Crippen LogP contribution in [0.4, 0.5) is 0 Å². The molecule has 21 heavy (non-hydrogen) atoms. The number of hydrogen-bond acceptors (Lipinski definition) is 4. The third-order valence-electron chi connectivity index (χ3n) is 4.48. The Morgan fingerprint density at radius 2 is 2.14 bits per heavy atom. The first kappa shape index (κ1) is 14.5. The van der Waals surface area contributed by atoms with Gasteiger partial charge >= 0.3 is 0 Å². The predicted octanol–water partition coefficient (Wildman–Crippen LogP) is 0.978. The Kier molecular flexibility index (Phi) is 4.24. The van der Waals surface area contributed by atoms with Crippen molar-refractivity contribution in [3.63, 3.8) is 0 Å². The Balaban J connectivity index is 1.63. The Labute approximate surface area is 126 Å². The largest absolute Gasteiger partial charge is 0.310 e. The van der Waals surface area contributed by atoms with Gasteiger partial charge in [-0.15, -0.1) is 0 Å². The average Bonchev–Trinajstić information content (AvgIpc) is 2.79. The van der Waals surface area contributed by atoms with E-state index < -0.39 is 0 Å². The van der Waals surface area contributed by atoms with Gasteiger partial charge in [-0.3, -0.25) is 4.90 Å². The lowest BCUT2D eigenvalue weighted by atomic mass is 10.2. The summed E-state index contributed by atoms with van der Waals surface area (Å²) in [4.78, 5) is 9.47. The highest BCUT2D eigenvalue weighted by Gasteiger charge is 2.21. The molecular weight excluding hydrogens is 262 g/mol. The normalized spacial score (nSPS) is 21.2. The number of rotatable bonds is 4. The van der Waals surface area contributed by atoms with Crippen molar-refractivity contribution < 1.29 is 0 Å². The fourth-order valence-corrected chi connectivity index (χ4v) is 3.06. The Hall–Kier alpha value is -1.43. The van der Waals surface area contributed by atoms with Crippen LogP contribution in [0.2, 0.25) is 0 Å². The van der Waals surface area contributed by atoms with Gasteiger partial charge in [-0.05, 0) is 33.2 Å². The van der Waals surface area contributed by atoms with Gasteiger partial charge in [-0.1, -0.05) is 6.07 Å². The number of nitrogens with one attached hydrogen (secondary N) is 1. The summed E-state index contributed by atoms with van der Waals surface area (Å²) in [7, 11) is 4.42. The molecule has 114 valence electrons. The number of likely N-dealkylation sites (N-methyl/N-ethyl adjacent to an activating group) is 2. The molecule has 3 rings (SSSR count). The maximum atomic E-state index is 4.61. The minimum Gasteiger partial charge on any atom is -0.310 e. The van der Waals surface area contributed by atoms with Crippen LogP contribution < -0.4 is 5.32 Å². The van der Waals surface area contributed by atoms with Crippen LogP contribution in [0.3, 0.4) is 0 Å². The van der Waals surface area contributed by atoms with Crippen LogP contribution in [0.1, 0.15) is 11.4 Å². The molecule has 2 aromatic heterocycles. The summed E-state index contributed by atoms with van der Waals surface area (Å²) in [5.41, 5.74) is 3.40. The van der Waals surface area contributed by atoms with E-state index in [2.05, 4.69) is 63.8 Å². The van der Waals surface area contributed by atoms with E-state index in [1.165, 1.54) is 12.2 Å². The van der Waals surface area contributed by atoms with Gasteiger partial charge in [0, 0.05) is 45.0 Å². The van der Waals surface area contributed by atoms with Gasteiger partial charge in [0.15, 0.2) is 0 Å². The molecule has 1 unspecified atom stereocenters. The number of aromatic nitrogens is 2. The molecule has 3 heterocycles. The third kappa shape index (κ3) is 3.10. The zero-order chi connectivity index (χ0) is 14.8. The SMILES string of the molecule is Cc1nc2ccccn2c1CNCC1CN(C)CCN1C. The van der Waals surface area contributed by atoms with E-state index in [4.69, 9.17) is 0 Å². The smallest absolute Gasteiger partial charge is 0.137 e. The van der Waals surface area contributed by atoms with Crippen LogP contribution in [0.15, 0.2) is 24.4 Å². The van der Waals surface area contributed by atoms with Gasteiger partial charge in [0.05, 0.1) is 11.4 Å². The maximum Gasteiger partial charge on any atom is 0.137 e. The molecule has 1 aliphatic rings. The van der Waals surface area contributed by atoms with Crippen molar-refractivity contribution in [2.24, 2.45) is 0 Å². The standard InChI is InChI=1S/C16H25N5/c1-13-15(21-7-5-4-6-16(21)18-13)11-17-10-14-12-19(2)8-9-20(14)3/h4-7,14,17H,8-12H2,1-3H3. The Morgan fingerprint density at radius 3 is 3.00 bits per heavy atom. The summed E-state index contributed by atoms with van der Waals surface area (Å²) < 4.78 is 2.18. The highest BCUT2D eigenvalue weighted by atomic mass is 15.3. The maximum absolute atomic E-state index is 4.61. The number of aryl methyl sites for hydroxylation is 1. The fourth-order valence-electron chi connectivity index (χ4n) is 3.06. The van der Waals surface area contributed by atoms with Crippen LogP contribution in [-0.2, 0) is 6.54 Å². The molecule has 1 N–H and O–H groups in total. The Bertz CT molecular complexity index is 606. The summed E-state index contributed by atoms with van der Waals surface area (Å²) in [5, 5.41) is 3.61. The van der Waals surface area contributed by atoms with Gasteiger partial charge in [-0.25, -0.2) is 4.98 Å². The number of piperazine rings is 1.